The molecule has 3 aliphatic heterocycles. The van der Waals surface area contributed by atoms with Crippen molar-refractivity contribution in [2.45, 2.75) is 78.6 Å². The average molecular weight is 568 g/mol. The molecule has 0 N–H and O–H groups in total. The third-order valence-electron chi connectivity index (χ3n) is 7.16. The molecule has 1 aromatic heterocycles. The van der Waals surface area contributed by atoms with Crippen molar-refractivity contribution in [3.8, 4) is 5.75 Å². The lowest BCUT2D eigenvalue weighted by molar-refractivity contribution is 0.00818. The Hall–Kier alpha value is -3.60. The van der Waals surface area contributed by atoms with Crippen LogP contribution in [0.2, 0.25) is 0 Å². The first kappa shape index (κ1) is 28.9. The minimum absolute atomic E-state index is 0.0847. The molecule has 1 atom stereocenters. The van der Waals surface area contributed by atoms with Crippen molar-refractivity contribution in [2.75, 3.05) is 49.2 Å². The number of aromatic nitrogens is 2. The molecule has 11 nitrogen and oxygen atoms in total. The number of likely N-dealkylation sites (tertiary alicyclic amines) is 1. The van der Waals surface area contributed by atoms with E-state index in [2.05, 4.69) is 20.9 Å². The second-order valence-electron chi connectivity index (χ2n) is 12.9. The number of ether oxygens (including phenoxy) is 4. The maximum absolute atomic E-state index is 13.9. The smallest absolute Gasteiger partial charge is 0.420 e. The van der Waals surface area contributed by atoms with Gasteiger partial charge in [0.05, 0.1) is 24.5 Å². The van der Waals surface area contributed by atoms with Crippen LogP contribution in [0.25, 0.3) is 0 Å². The highest BCUT2D eigenvalue weighted by molar-refractivity contribution is 5.99. The summed E-state index contributed by atoms with van der Waals surface area (Å²) in [7, 11) is 0. The number of rotatable bonds is 2. The molecule has 11 heteroatoms. The van der Waals surface area contributed by atoms with E-state index in [1.54, 1.807) is 4.90 Å². The monoisotopic (exact) mass is 567 g/mol. The normalized spacial score (nSPS) is 19.4. The van der Waals surface area contributed by atoms with Gasteiger partial charge >= 0.3 is 12.2 Å². The highest BCUT2D eigenvalue weighted by Gasteiger charge is 2.40. The van der Waals surface area contributed by atoms with Gasteiger partial charge in [-0.2, -0.15) is 0 Å². The van der Waals surface area contributed by atoms with Gasteiger partial charge in [-0.15, -0.1) is 0 Å². The van der Waals surface area contributed by atoms with Crippen LogP contribution in [0.5, 0.6) is 5.75 Å². The molecule has 4 heterocycles. The highest BCUT2D eigenvalue weighted by atomic mass is 16.6. The van der Waals surface area contributed by atoms with Gasteiger partial charge in [-0.3, -0.25) is 0 Å². The number of fused-ring (bicyclic) bond motifs is 2. The van der Waals surface area contributed by atoms with E-state index < -0.39 is 23.4 Å². The largest absolute Gasteiger partial charge is 0.483 e. The average Bonchev–Trinajstić information content (AvgIpc) is 2.96. The van der Waals surface area contributed by atoms with E-state index in [4.69, 9.17) is 18.9 Å². The van der Waals surface area contributed by atoms with E-state index in [0.717, 1.165) is 22.5 Å². The minimum atomic E-state index is -0.731. The van der Waals surface area contributed by atoms with Gasteiger partial charge in [0.1, 0.15) is 35.2 Å². The Balaban J connectivity index is 1.56. The second-order valence-corrected chi connectivity index (χ2v) is 12.9. The number of anilines is 3. The fourth-order valence-corrected chi connectivity index (χ4v) is 5.29. The van der Waals surface area contributed by atoms with Gasteiger partial charge in [0.2, 0.25) is 0 Å². The second kappa shape index (κ2) is 10.7. The lowest BCUT2D eigenvalue weighted by atomic mass is 9.90. The Morgan fingerprint density at radius 3 is 2.17 bits per heavy atom. The van der Waals surface area contributed by atoms with Gasteiger partial charge in [0.25, 0.3) is 0 Å². The summed E-state index contributed by atoms with van der Waals surface area (Å²) in [6, 6.07) is 4.03. The lowest BCUT2D eigenvalue weighted by Crippen LogP contribution is -2.50. The molecule has 0 unspecified atom stereocenters. The van der Waals surface area contributed by atoms with E-state index in [9.17, 15) is 9.59 Å². The first-order valence-electron chi connectivity index (χ1n) is 14.2. The van der Waals surface area contributed by atoms with Crippen LogP contribution in [0.15, 0.2) is 18.5 Å². The Morgan fingerprint density at radius 1 is 0.927 bits per heavy atom. The Morgan fingerprint density at radius 2 is 1.54 bits per heavy atom. The van der Waals surface area contributed by atoms with E-state index >= 15 is 0 Å². The molecule has 5 rings (SSSR count). The topological polar surface area (TPSA) is 107 Å². The fourth-order valence-electron chi connectivity index (χ4n) is 5.29. The van der Waals surface area contributed by atoms with Crippen LogP contribution in [-0.4, -0.2) is 77.6 Å². The van der Waals surface area contributed by atoms with Crippen molar-refractivity contribution in [3.63, 3.8) is 0 Å². The SMILES string of the molecule is Cc1cc(C2CN(C(=O)OC(C)(C)C)C2)cc2c1O[C@@H](C)c1c(N3CCOCC3)ncnc1N2C(=O)OC(C)(C)C. The molecule has 222 valence electrons. The molecule has 0 bridgehead atoms. The molecule has 2 fully saturated rings. The van der Waals surface area contributed by atoms with E-state index in [0.29, 0.717) is 56.6 Å². The summed E-state index contributed by atoms with van der Waals surface area (Å²) in [6.07, 6.45) is 0.171. The van der Waals surface area contributed by atoms with Crippen LogP contribution in [0.4, 0.5) is 26.9 Å². The first-order valence-corrected chi connectivity index (χ1v) is 14.2. The minimum Gasteiger partial charge on any atom is -0.483 e. The van der Waals surface area contributed by atoms with Crippen LogP contribution in [0, 0.1) is 6.92 Å². The number of morpholine rings is 1. The van der Waals surface area contributed by atoms with Gasteiger partial charge in [-0.25, -0.2) is 24.5 Å². The number of carbonyl (C=O) groups is 2. The third-order valence-corrected chi connectivity index (χ3v) is 7.16. The van der Waals surface area contributed by atoms with Crippen molar-refractivity contribution in [3.05, 3.63) is 35.2 Å². The number of nitrogens with zero attached hydrogens (tertiary/aromatic N) is 5. The quantitative estimate of drug-likeness (QED) is 0.466. The van der Waals surface area contributed by atoms with E-state index in [1.807, 2.05) is 61.5 Å². The summed E-state index contributed by atoms with van der Waals surface area (Å²) in [5.41, 5.74) is 1.86. The van der Waals surface area contributed by atoms with E-state index in [1.165, 1.54) is 11.2 Å². The fraction of sp³-hybridized carbons (Fsp3) is 0.600. The van der Waals surface area contributed by atoms with Gasteiger partial charge in [0.15, 0.2) is 5.82 Å². The summed E-state index contributed by atoms with van der Waals surface area (Å²) in [5, 5.41) is 0. The molecule has 0 radical (unpaired) electrons. The van der Waals surface area contributed by atoms with Crippen LogP contribution in [0.1, 0.15) is 77.2 Å². The molecule has 3 aliphatic rings. The van der Waals surface area contributed by atoms with Gasteiger partial charge in [-0.05, 0) is 72.6 Å². The van der Waals surface area contributed by atoms with Crippen molar-refractivity contribution in [1.29, 1.82) is 0 Å². The van der Waals surface area contributed by atoms with Crippen molar-refractivity contribution >= 4 is 29.5 Å². The number of carbonyl (C=O) groups excluding carboxylic acids is 2. The van der Waals surface area contributed by atoms with E-state index in [-0.39, 0.29) is 12.0 Å². The summed E-state index contributed by atoms with van der Waals surface area (Å²) in [4.78, 5) is 41.1. The number of amides is 2. The predicted molar refractivity (Wildman–Crippen MR) is 154 cm³/mol. The van der Waals surface area contributed by atoms with Crippen molar-refractivity contribution < 1.29 is 28.5 Å². The van der Waals surface area contributed by atoms with Crippen molar-refractivity contribution in [1.82, 2.24) is 14.9 Å². The molecule has 0 saturated carbocycles. The molecule has 0 aliphatic carbocycles. The van der Waals surface area contributed by atoms with Crippen molar-refractivity contribution in [2.24, 2.45) is 0 Å². The number of hydrogen-bond acceptors (Lipinski definition) is 9. The molecule has 2 saturated heterocycles. The standard InChI is InChI=1S/C30H41N5O6/c1-18-13-20(21-15-34(16-21)27(36)40-29(3,4)5)14-22-24(18)39-19(2)23-25(33-9-11-38-12-10-33)31-17-32-26(23)35(22)28(37)41-30(6,7)8/h13-14,17,19,21H,9-12,15-16H2,1-8H3/t19-/m0/s1. The van der Waals surface area contributed by atoms with Gasteiger partial charge in [-0.1, -0.05) is 6.07 Å². The summed E-state index contributed by atoms with van der Waals surface area (Å²) >= 11 is 0. The zero-order valence-electron chi connectivity index (χ0n) is 25.3. The Bertz CT molecular complexity index is 1320. The number of hydrogen-bond donors (Lipinski definition) is 0. The van der Waals surface area contributed by atoms with Gasteiger partial charge < -0.3 is 28.7 Å². The number of aryl methyl sites for hydroxylation is 1. The molecule has 1 aromatic carbocycles. The molecule has 2 aromatic rings. The molecule has 0 spiro atoms. The van der Waals surface area contributed by atoms with Crippen LogP contribution in [-0.2, 0) is 14.2 Å². The van der Waals surface area contributed by atoms with Crippen LogP contribution in [0.3, 0.4) is 0 Å². The summed E-state index contributed by atoms with van der Waals surface area (Å²) in [6.45, 7) is 18.6. The predicted octanol–water partition coefficient (Wildman–Crippen LogP) is 5.48. The van der Waals surface area contributed by atoms with Crippen LogP contribution < -0.4 is 14.5 Å². The summed E-state index contributed by atoms with van der Waals surface area (Å²) < 4.78 is 23.6. The van der Waals surface area contributed by atoms with Crippen LogP contribution >= 0.6 is 0 Å². The first-order chi connectivity index (χ1) is 19.2. The Labute approximate surface area is 241 Å². The highest BCUT2D eigenvalue weighted by Crippen LogP contribution is 2.48. The third kappa shape index (κ3) is 6.05. The molecule has 2 amide bonds. The maximum Gasteiger partial charge on any atom is 0.420 e. The molecular formula is C30H41N5O6. The lowest BCUT2D eigenvalue weighted by Gasteiger charge is -2.40. The molecular weight excluding hydrogens is 526 g/mol. The molecule has 41 heavy (non-hydrogen) atoms. The maximum atomic E-state index is 13.9. The Kier molecular flexibility index (Phi) is 7.52. The zero-order chi connectivity index (χ0) is 29.7. The summed E-state index contributed by atoms with van der Waals surface area (Å²) in [5.74, 6) is 1.82. The zero-order valence-corrected chi connectivity index (χ0v) is 25.3. The van der Waals surface area contributed by atoms with Gasteiger partial charge in [0, 0.05) is 32.1 Å². The number of benzene rings is 1.